The Kier molecular flexibility index (Phi) is 6.37. The number of hydrogen-bond acceptors (Lipinski definition) is 4. The van der Waals surface area contributed by atoms with Gasteiger partial charge in [-0.25, -0.2) is 4.98 Å². The van der Waals surface area contributed by atoms with Crippen molar-refractivity contribution >= 4 is 5.91 Å². The largest absolute Gasteiger partial charge is 0.439 e. The van der Waals surface area contributed by atoms with E-state index in [0.717, 1.165) is 30.8 Å². The van der Waals surface area contributed by atoms with Gasteiger partial charge >= 0.3 is 0 Å². The highest BCUT2D eigenvalue weighted by Crippen LogP contribution is 2.27. The van der Waals surface area contributed by atoms with Crippen molar-refractivity contribution in [3.8, 4) is 11.6 Å². The molecule has 0 bridgehead atoms. The van der Waals surface area contributed by atoms with Crippen LogP contribution in [0.15, 0.2) is 30.5 Å². The molecule has 0 spiro atoms. The smallest absolute Gasteiger partial charge is 0.250 e. The van der Waals surface area contributed by atoms with Gasteiger partial charge in [-0.3, -0.25) is 4.79 Å². The Morgan fingerprint density at radius 1 is 1.19 bits per heavy atom. The number of carbonyl (C=O) groups is 1. The van der Waals surface area contributed by atoms with Crippen LogP contribution < -0.4 is 15.8 Å². The predicted octanol–water partition coefficient (Wildman–Crippen LogP) is 4.12. The van der Waals surface area contributed by atoms with Crippen LogP contribution in [0.4, 0.5) is 0 Å². The molecule has 0 unspecified atom stereocenters. The monoisotopic (exact) mass is 355 g/mol. The molecular weight excluding hydrogens is 326 g/mol. The number of nitrogens with one attached hydrogen (secondary N) is 1. The molecule has 0 aliphatic carbocycles. The summed E-state index contributed by atoms with van der Waals surface area (Å²) < 4.78 is 5.87. The van der Waals surface area contributed by atoms with Crippen molar-refractivity contribution in [3.63, 3.8) is 0 Å². The lowest BCUT2D eigenvalue weighted by Gasteiger charge is -2.19. The van der Waals surface area contributed by atoms with Gasteiger partial charge in [-0.2, -0.15) is 0 Å². The van der Waals surface area contributed by atoms with Gasteiger partial charge in [0.1, 0.15) is 5.75 Å². The predicted molar refractivity (Wildman–Crippen MR) is 105 cm³/mol. The Bertz CT molecular complexity index is 762. The van der Waals surface area contributed by atoms with Crippen LogP contribution in [0.2, 0.25) is 0 Å². The standard InChI is InChI=1S/C21H29N3O2/c1-14-11-18(26-19-7-6-16(13-24-19)20(22)25)15(2)10-17(14)12-23-9-8-21(3,4)5/h6-7,10-11,13,23H,8-9,12H2,1-5H3,(H2,22,25). The third-order valence-electron chi connectivity index (χ3n) is 4.24. The van der Waals surface area contributed by atoms with Crippen molar-refractivity contribution in [2.45, 2.75) is 47.6 Å². The molecule has 5 nitrogen and oxygen atoms in total. The number of nitrogens with two attached hydrogens (primary N) is 1. The Hall–Kier alpha value is -2.40. The van der Waals surface area contributed by atoms with E-state index in [9.17, 15) is 4.79 Å². The SMILES string of the molecule is Cc1cc(Oc2ccc(C(N)=O)cn2)c(C)cc1CNCCC(C)(C)C. The highest BCUT2D eigenvalue weighted by Gasteiger charge is 2.11. The van der Waals surface area contributed by atoms with Gasteiger partial charge in [0, 0.05) is 18.8 Å². The maximum atomic E-state index is 11.1. The Morgan fingerprint density at radius 3 is 2.50 bits per heavy atom. The number of aryl methyl sites for hydroxylation is 2. The molecule has 3 N–H and O–H groups in total. The second-order valence-electron chi connectivity index (χ2n) is 7.88. The van der Waals surface area contributed by atoms with Crippen molar-refractivity contribution in [1.29, 1.82) is 0 Å². The molecule has 1 aromatic heterocycles. The third-order valence-corrected chi connectivity index (χ3v) is 4.24. The van der Waals surface area contributed by atoms with Crippen LogP contribution in [0.5, 0.6) is 11.6 Å². The van der Waals surface area contributed by atoms with Crippen LogP contribution in [0.25, 0.3) is 0 Å². The van der Waals surface area contributed by atoms with Crippen LogP contribution in [0.1, 0.15) is 54.2 Å². The minimum atomic E-state index is -0.501. The van der Waals surface area contributed by atoms with Crippen molar-refractivity contribution in [1.82, 2.24) is 10.3 Å². The van der Waals surface area contributed by atoms with Gasteiger partial charge in [0.15, 0.2) is 0 Å². The fraction of sp³-hybridized carbons (Fsp3) is 0.429. The van der Waals surface area contributed by atoms with Crippen LogP contribution in [-0.2, 0) is 6.54 Å². The molecule has 2 rings (SSSR count). The number of hydrogen-bond donors (Lipinski definition) is 2. The minimum Gasteiger partial charge on any atom is -0.439 e. The van der Waals surface area contributed by atoms with E-state index in [-0.39, 0.29) is 0 Å². The number of carbonyl (C=O) groups excluding carboxylic acids is 1. The Balaban J connectivity index is 2.02. The summed E-state index contributed by atoms with van der Waals surface area (Å²) in [5.41, 5.74) is 9.41. The average Bonchev–Trinajstić information content (AvgIpc) is 2.55. The summed E-state index contributed by atoms with van der Waals surface area (Å²) in [6.45, 7) is 12.7. The molecule has 0 atom stereocenters. The molecule has 0 saturated carbocycles. The fourth-order valence-electron chi connectivity index (χ4n) is 2.54. The van der Waals surface area contributed by atoms with Crippen LogP contribution >= 0.6 is 0 Å². The minimum absolute atomic E-state index is 0.340. The van der Waals surface area contributed by atoms with Gasteiger partial charge in [0.05, 0.1) is 5.56 Å². The Morgan fingerprint density at radius 2 is 1.92 bits per heavy atom. The first kappa shape index (κ1) is 19.9. The number of nitrogens with zero attached hydrogens (tertiary/aromatic N) is 1. The van der Waals surface area contributed by atoms with Gasteiger partial charge < -0.3 is 15.8 Å². The molecule has 0 aliphatic rings. The van der Waals surface area contributed by atoms with Gasteiger partial charge in [0.25, 0.3) is 0 Å². The summed E-state index contributed by atoms with van der Waals surface area (Å²) in [6, 6.07) is 7.43. The molecule has 26 heavy (non-hydrogen) atoms. The molecular formula is C21H29N3O2. The lowest BCUT2D eigenvalue weighted by atomic mass is 9.92. The summed E-state index contributed by atoms with van der Waals surface area (Å²) >= 11 is 0. The van der Waals surface area contributed by atoms with E-state index in [2.05, 4.69) is 44.1 Å². The summed E-state index contributed by atoms with van der Waals surface area (Å²) in [6.07, 6.45) is 2.56. The Labute approximate surface area is 156 Å². The molecule has 0 fully saturated rings. The van der Waals surface area contributed by atoms with E-state index >= 15 is 0 Å². The molecule has 1 aromatic carbocycles. The van der Waals surface area contributed by atoms with Crippen molar-refractivity contribution in [2.75, 3.05) is 6.54 Å². The molecule has 1 heterocycles. The molecule has 0 aliphatic heterocycles. The number of pyridine rings is 1. The second kappa shape index (κ2) is 8.32. The maximum absolute atomic E-state index is 11.1. The summed E-state index contributed by atoms with van der Waals surface area (Å²) in [4.78, 5) is 15.2. The molecule has 140 valence electrons. The van der Waals surface area contributed by atoms with Crippen molar-refractivity contribution in [2.24, 2.45) is 11.1 Å². The number of benzene rings is 1. The maximum Gasteiger partial charge on any atom is 0.250 e. The highest BCUT2D eigenvalue weighted by molar-refractivity contribution is 5.92. The first-order chi connectivity index (χ1) is 12.2. The summed E-state index contributed by atoms with van der Waals surface area (Å²) in [5, 5.41) is 3.52. The van der Waals surface area contributed by atoms with Crippen LogP contribution in [0, 0.1) is 19.3 Å². The van der Waals surface area contributed by atoms with Crippen LogP contribution in [-0.4, -0.2) is 17.4 Å². The van der Waals surface area contributed by atoms with E-state index < -0.39 is 5.91 Å². The molecule has 2 aromatic rings. The first-order valence-corrected chi connectivity index (χ1v) is 8.90. The summed E-state index contributed by atoms with van der Waals surface area (Å²) in [7, 11) is 0. The van der Waals surface area contributed by atoms with E-state index in [1.165, 1.54) is 17.3 Å². The molecule has 0 radical (unpaired) electrons. The summed E-state index contributed by atoms with van der Waals surface area (Å²) in [5.74, 6) is 0.702. The second-order valence-corrected chi connectivity index (χ2v) is 7.88. The van der Waals surface area contributed by atoms with E-state index in [1.54, 1.807) is 12.1 Å². The molecule has 1 amide bonds. The van der Waals surface area contributed by atoms with Gasteiger partial charge in [-0.05, 0) is 61.1 Å². The van der Waals surface area contributed by atoms with E-state index in [1.807, 2.05) is 13.0 Å². The number of aromatic nitrogens is 1. The van der Waals surface area contributed by atoms with E-state index in [4.69, 9.17) is 10.5 Å². The normalized spacial score (nSPS) is 11.4. The number of primary amides is 1. The number of ether oxygens (including phenoxy) is 1. The zero-order chi connectivity index (χ0) is 19.3. The van der Waals surface area contributed by atoms with Gasteiger partial charge in [-0.1, -0.05) is 26.8 Å². The topological polar surface area (TPSA) is 77.2 Å². The van der Waals surface area contributed by atoms with Crippen molar-refractivity contribution < 1.29 is 9.53 Å². The number of rotatable bonds is 7. The average molecular weight is 355 g/mol. The third kappa shape index (κ3) is 5.85. The zero-order valence-electron chi connectivity index (χ0n) is 16.3. The lowest BCUT2D eigenvalue weighted by molar-refractivity contribution is 0.1000. The van der Waals surface area contributed by atoms with Crippen LogP contribution in [0.3, 0.4) is 0 Å². The molecule has 0 saturated heterocycles. The zero-order valence-corrected chi connectivity index (χ0v) is 16.3. The lowest BCUT2D eigenvalue weighted by Crippen LogP contribution is -2.20. The van der Waals surface area contributed by atoms with E-state index in [0.29, 0.717) is 16.9 Å². The fourth-order valence-corrected chi connectivity index (χ4v) is 2.54. The van der Waals surface area contributed by atoms with Gasteiger partial charge in [0.2, 0.25) is 11.8 Å². The number of amides is 1. The van der Waals surface area contributed by atoms with Crippen molar-refractivity contribution in [3.05, 3.63) is 52.7 Å². The molecule has 5 heteroatoms. The highest BCUT2D eigenvalue weighted by atomic mass is 16.5. The quantitative estimate of drug-likeness (QED) is 0.733. The first-order valence-electron chi connectivity index (χ1n) is 8.90. The van der Waals surface area contributed by atoms with Gasteiger partial charge in [-0.15, -0.1) is 0 Å².